The summed E-state index contributed by atoms with van der Waals surface area (Å²) in [6.45, 7) is 9.87. The average Bonchev–Trinajstić information content (AvgIpc) is 3.28. The molecule has 0 saturated carbocycles. The Morgan fingerprint density at radius 1 is 1.18 bits per heavy atom. The van der Waals surface area contributed by atoms with E-state index >= 15 is 0 Å². The van der Waals surface area contributed by atoms with Crippen LogP contribution in [0.4, 0.5) is 0 Å². The number of rotatable bonds is 6. The number of aliphatic hydroxyl groups excluding tert-OH is 1. The Kier molecular flexibility index (Phi) is 6.27. The Morgan fingerprint density at radius 3 is 2.52 bits per heavy atom. The molecule has 6 heteroatoms. The third-order valence-electron chi connectivity index (χ3n) is 7.92. The fraction of sp³-hybridized carbons (Fsp3) is 0.556. The van der Waals surface area contributed by atoms with Crippen molar-refractivity contribution in [1.29, 1.82) is 0 Å². The van der Waals surface area contributed by atoms with Crippen LogP contribution < -0.4 is 5.32 Å². The van der Waals surface area contributed by atoms with E-state index in [2.05, 4.69) is 33.0 Å². The Balaban J connectivity index is 1.68. The van der Waals surface area contributed by atoms with E-state index in [1.54, 1.807) is 6.08 Å². The van der Waals surface area contributed by atoms with Crippen LogP contribution in [0.15, 0.2) is 47.6 Å². The summed E-state index contributed by atoms with van der Waals surface area (Å²) in [5, 5.41) is 13.6. The average molecular weight is 454 g/mol. The summed E-state index contributed by atoms with van der Waals surface area (Å²) in [5.41, 5.74) is 2.31. The smallest absolute Gasteiger partial charge is 0.335 e. The molecule has 0 spiro atoms. The highest BCUT2D eigenvalue weighted by Crippen LogP contribution is 2.57. The zero-order valence-electron chi connectivity index (χ0n) is 20.1. The number of nitrogens with one attached hydrogen (secondary N) is 1. The lowest BCUT2D eigenvalue weighted by atomic mass is 9.70. The van der Waals surface area contributed by atoms with E-state index < -0.39 is 35.4 Å². The summed E-state index contributed by atoms with van der Waals surface area (Å²) in [5.74, 6) is -0.793. The van der Waals surface area contributed by atoms with Crippen molar-refractivity contribution in [2.75, 3.05) is 0 Å². The van der Waals surface area contributed by atoms with Crippen LogP contribution >= 0.6 is 0 Å². The molecule has 0 radical (unpaired) electrons. The second-order valence-corrected chi connectivity index (χ2v) is 10.3. The van der Waals surface area contributed by atoms with Gasteiger partial charge in [-0.3, -0.25) is 5.32 Å². The number of ether oxygens (including phenoxy) is 2. The van der Waals surface area contributed by atoms with Crippen LogP contribution in [0.2, 0.25) is 0 Å². The van der Waals surface area contributed by atoms with Gasteiger partial charge in [-0.25, -0.2) is 9.59 Å². The molecule has 1 aromatic carbocycles. The monoisotopic (exact) mass is 453 g/mol. The maximum atomic E-state index is 13.0. The van der Waals surface area contributed by atoms with E-state index in [-0.39, 0.29) is 17.8 Å². The number of esters is 2. The summed E-state index contributed by atoms with van der Waals surface area (Å²) >= 11 is 0. The first-order valence-electron chi connectivity index (χ1n) is 11.9. The molecular weight excluding hydrogens is 418 g/mol. The summed E-state index contributed by atoms with van der Waals surface area (Å²) in [6.07, 6.45) is 3.56. The molecule has 6 atom stereocenters. The molecule has 1 aromatic rings. The molecule has 178 valence electrons. The molecule has 3 aliphatic rings. The minimum absolute atomic E-state index is 0.0922. The number of carbonyl (C=O) groups excluding carboxylic acids is 2. The van der Waals surface area contributed by atoms with Crippen molar-refractivity contribution in [2.45, 2.75) is 83.3 Å². The van der Waals surface area contributed by atoms with Crippen molar-refractivity contribution in [3.05, 3.63) is 53.1 Å². The summed E-state index contributed by atoms with van der Waals surface area (Å²) in [7, 11) is 0. The van der Waals surface area contributed by atoms with Crippen LogP contribution in [-0.2, 0) is 19.1 Å². The number of allylic oxidation sites excluding steroid dienone is 1. The Labute approximate surface area is 196 Å². The van der Waals surface area contributed by atoms with Crippen molar-refractivity contribution in [2.24, 2.45) is 11.8 Å². The van der Waals surface area contributed by atoms with Gasteiger partial charge in [0.2, 0.25) is 0 Å². The molecule has 6 nitrogen and oxygen atoms in total. The number of carbonyl (C=O) groups is 2. The quantitative estimate of drug-likeness (QED) is 0.387. The van der Waals surface area contributed by atoms with Gasteiger partial charge in [-0.15, -0.1) is 0 Å². The van der Waals surface area contributed by atoms with Crippen molar-refractivity contribution < 1.29 is 24.2 Å². The second kappa shape index (κ2) is 8.73. The Bertz CT molecular complexity index is 981. The van der Waals surface area contributed by atoms with Crippen LogP contribution in [0.3, 0.4) is 0 Å². The number of aliphatic hydroxyl groups is 1. The lowest BCUT2D eigenvalue weighted by Crippen LogP contribution is -2.68. The van der Waals surface area contributed by atoms with E-state index in [0.29, 0.717) is 6.42 Å². The van der Waals surface area contributed by atoms with Crippen molar-refractivity contribution in [3.63, 3.8) is 0 Å². The largest absolute Gasteiger partial charge is 0.458 e. The fourth-order valence-corrected chi connectivity index (χ4v) is 6.04. The predicted molar refractivity (Wildman–Crippen MR) is 126 cm³/mol. The van der Waals surface area contributed by atoms with Crippen LogP contribution in [0.5, 0.6) is 0 Å². The minimum Gasteiger partial charge on any atom is -0.458 e. The number of hydrogen-bond donors (Lipinski definition) is 2. The number of hydrogen-bond acceptors (Lipinski definition) is 6. The minimum atomic E-state index is -1.18. The van der Waals surface area contributed by atoms with Crippen LogP contribution in [0.1, 0.15) is 59.4 Å². The van der Waals surface area contributed by atoms with Gasteiger partial charge in [0.1, 0.15) is 18.3 Å². The lowest BCUT2D eigenvalue weighted by Gasteiger charge is -2.51. The molecule has 4 rings (SSSR count). The molecular formula is C27H35NO5. The first-order valence-corrected chi connectivity index (χ1v) is 11.9. The van der Waals surface area contributed by atoms with Crippen molar-refractivity contribution in [1.82, 2.24) is 5.32 Å². The molecule has 33 heavy (non-hydrogen) atoms. The Morgan fingerprint density at radius 2 is 1.88 bits per heavy atom. The molecule has 0 amide bonds. The van der Waals surface area contributed by atoms with Gasteiger partial charge >= 0.3 is 11.9 Å². The molecule has 2 saturated heterocycles. The first-order chi connectivity index (χ1) is 15.6. The highest BCUT2D eigenvalue weighted by atomic mass is 16.6. The van der Waals surface area contributed by atoms with Crippen LogP contribution in [0.25, 0.3) is 6.08 Å². The number of benzene rings is 1. The van der Waals surface area contributed by atoms with E-state index in [9.17, 15) is 14.7 Å². The van der Waals surface area contributed by atoms with E-state index in [4.69, 9.17) is 9.47 Å². The molecule has 2 heterocycles. The molecule has 1 aliphatic carbocycles. The van der Waals surface area contributed by atoms with Crippen molar-refractivity contribution in [3.8, 4) is 0 Å². The van der Waals surface area contributed by atoms with Gasteiger partial charge < -0.3 is 14.6 Å². The van der Waals surface area contributed by atoms with E-state index in [1.165, 1.54) is 24.1 Å². The maximum absolute atomic E-state index is 13.0. The second-order valence-electron chi connectivity index (χ2n) is 10.3. The van der Waals surface area contributed by atoms with Gasteiger partial charge in [-0.1, -0.05) is 49.8 Å². The summed E-state index contributed by atoms with van der Waals surface area (Å²) < 4.78 is 12.0. The lowest BCUT2D eigenvalue weighted by molar-refractivity contribution is -0.161. The SMILES string of the molecule is CC1=C2[C@@H](CC1)[C@]1(C)N[C@@](C(C)C)(C[C@H]1OC(=O)[C@@H](C)O)[C@H]2OC(=O)/C=C/c1ccccc1. The van der Waals surface area contributed by atoms with E-state index in [1.807, 2.05) is 30.3 Å². The topological polar surface area (TPSA) is 84.9 Å². The highest BCUT2D eigenvalue weighted by Gasteiger charge is 2.68. The normalized spacial score (nSPS) is 34.0. The third-order valence-corrected chi connectivity index (χ3v) is 7.92. The standard InChI is InChI=1S/C27H35NO5/c1-16(2)27-15-21(32-25(31)18(4)29)26(5,28-27)20-13-11-17(3)23(20)24(27)33-22(30)14-12-19-9-7-6-8-10-19/h6-10,12,14,16,18,20-21,24,28-29H,11,13,15H2,1-5H3/b14-12+/t18-,20-,21-,24+,26+,27-/m1/s1. The van der Waals surface area contributed by atoms with Crippen molar-refractivity contribution >= 4 is 18.0 Å². The summed E-state index contributed by atoms with van der Waals surface area (Å²) in [4.78, 5) is 25.3. The number of piperidine rings is 1. The van der Waals surface area contributed by atoms with Crippen LogP contribution in [-0.4, -0.2) is 46.4 Å². The van der Waals surface area contributed by atoms with Gasteiger partial charge in [0, 0.05) is 18.4 Å². The maximum Gasteiger partial charge on any atom is 0.335 e. The molecule has 0 unspecified atom stereocenters. The summed E-state index contributed by atoms with van der Waals surface area (Å²) in [6, 6.07) is 9.66. The molecule has 2 bridgehead atoms. The molecule has 2 fully saturated rings. The Hall–Kier alpha value is -2.44. The van der Waals surface area contributed by atoms with Gasteiger partial charge in [-0.05, 0) is 56.7 Å². The highest BCUT2D eigenvalue weighted by molar-refractivity contribution is 5.87. The number of fused-ring (bicyclic) bond motifs is 4. The first kappa shape index (κ1) is 23.7. The zero-order valence-corrected chi connectivity index (χ0v) is 20.1. The van der Waals surface area contributed by atoms with Crippen LogP contribution in [0, 0.1) is 11.8 Å². The predicted octanol–water partition coefficient (Wildman–Crippen LogP) is 3.79. The fourth-order valence-electron chi connectivity index (χ4n) is 6.04. The molecule has 2 N–H and O–H groups in total. The zero-order chi connectivity index (χ0) is 24.0. The van der Waals surface area contributed by atoms with E-state index in [0.717, 1.165) is 18.4 Å². The molecule has 0 aromatic heterocycles. The van der Waals surface area contributed by atoms with Gasteiger partial charge in [0.05, 0.1) is 11.1 Å². The van der Waals surface area contributed by atoms with Gasteiger partial charge in [0.15, 0.2) is 0 Å². The molecule has 2 aliphatic heterocycles. The van der Waals surface area contributed by atoms with Gasteiger partial charge in [0.25, 0.3) is 0 Å². The van der Waals surface area contributed by atoms with Gasteiger partial charge in [-0.2, -0.15) is 0 Å². The third kappa shape index (κ3) is 4.04.